The predicted molar refractivity (Wildman–Crippen MR) is 108 cm³/mol. The average Bonchev–Trinajstić information content (AvgIpc) is 2.78. The summed E-state index contributed by atoms with van der Waals surface area (Å²) in [6.45, 7) is 1.17. The van der Waals surface area contributed by atoms with Gasteiger partial charge in [0.15, 0.2) is 11.6 Å². The molecule has 1 fully saturated rings. The fourth-order valence-corrected chi connectivity index (χ4v) is 4.17. The van der Waals surface area contributed by atoms with Crippen molar-refractivity contribution in [3.05, 3.63) is 59.7 Å². The van der Waals surface area contributed by atoms with Crippen LogP contribution in [0, 0.1) is 23.5 Å². The number of sulfonamides is 1. The molecule has 0 unspecified atom stereocenters. The van der Waals surface area contributed by atoms with Gasteiger partial charge in [0.2, 0.25) is 10.0 Å². The number of hydrogen-bond donors (Lipinski definition) is 1. The Bertz CT molecular complexity index is 1090. The van der Waals surface area contributed by atoms with Gasteiger partial charge in [0.05, 0.1) is 24.7 Å². The van der Waals surface area contributed by atoms with E-state index in [0.717, 1.165) is 12.1 Å². The Labute approximate surface area is 179 Å². The lowest BCUT2D eigenvalue weighted by Crippen LogP contribution is -2.40. The lowest BCUT2D eigenvalue weighted by molar-refractivity contribution is 0.0730. The van der Waals surface area contributed by atoms with Crippen molar-refractivity contribution in [3.63, 3.8) is 0 Å². The number of nitrogens with one attached hydrogen (secondary N) is 1. The molecular formula is C21H20F2N2O5S. The molecule has 1 aliphatic rings. The molecule has 1 amide bonds. The molecular weight excluding hydrogens is 430 g/mol. The van der Waals surface area contributed by atoms with E-state index >= 15 is 0 Å². The molecule has 0 saturated carbocycles. The van der Waals surface area contributed by atoms with Crippen molar-refractivity contribution in [2.45, 2.75) is 4.90 Å². The molecule has 2 aromatic rings. The van der Waals surface area contributed by atoms with Crippen LogP contribution in [0.15, 0.2) is 47.4 Å². The van der Waals surface area contributed by atoms with Crippen molar-refractivity contribution < 1.29 is 31.5 Å². The number of hydrogen-bond acceptors (Lipinski definition) is 5. The molecule has 31 heavy (non-hydrogen) atoms. The van der Waals surface area contributed by atoms with E-state index in [1.807, 2.05) is 0 Å². The molecule has 2 aromatic carbocycles. The van der Waals surface area contributed by atoms with Gasteiger partial charge < -0.3 is 14.8 Å². The molecule has 0 aliphatic carbocycles. The molecule has 1 N–H and O–H groups in total. The van der Waals surface area contributed by atoms with Crippen LogP contribution in [0.2, 0.25) is 0 Å². The number of carbonyl (C=O) groups is 1. The van der Waals surface area contributed by atoms with Gasteiger partial charge in [-0.15, -0.1) is 0 Å². The fourth-order valence-electron chi connectivity index (χ4n) is 2.76. The average molecular weight is 450 g/mol. The van der Waals surface area contributed by atoms with Gasteiger partial charge in [0.1, 0.15) is 12.4 Å². The Balaban J connectivity index is 1.48. The third kappa shape index (κ3) is 6.01. The maximum atomic E-state index is 13.4. The number of rotatable bonds is 6. The van der Waals surface area contributed by atoms with Crippen LogP contribution in [-0.4, -0.2) is 58.1 Å². The highest BCUT2D eigenvalue weighted by Crippen LogP contribution is 2.18. The fraction of sp³-hybridized carbons (Fsp3) is 0.286. The van der Waals surface area contributed by atoms with Gasteiger partial charge >= 0.3 is 0 Å². The molecule has 1 heterocycles. The molecule has 0 radical (unpaired) electrons. The molecule has 3 rings (SSSR count). The number of morpholine rings is 1. The van der Waals surface area contributed by atoms with E-state index in [1.165, 1.54) is 28.6 Å². The summed E-state index contributed by atoms with van der Waals surface area (Å²) in [6, 6.07) is 8.57. The van der Waals surface area contributed by atoms with Gasteiger partial charge in [-0.05, 0) is 36.4 Å². The minimum atomic E-state index is -3.62. The summed E-state index contributed by atoms with van der Waals surface area (Å²) >= 11 is 0. The summed E-state index contributed by atoms with van der Waals surface area (Å²) < 4.78 is 63.0. The van der Waals surface area contributed by atoms with Gasteiger partial charge in [-0.3, -0.25) is 4.79 Å². The molecule has 164 valence electrons. The smallest absolute Gasteiger partial charge is 0.252 e. The molecule has 0 spiro atoms. The second kappa shape index (κ2) is 10.3. The molecule has 0 bridgehead atoms. The Morgan fingerprint density at radius 1 is 1.10 bits per heavy atom. The van der Waals surface area contributed by atoms with E-state index in [0.29, 0.717) is 32.4 Å². The highest BCUT2D eigenvalue weighted by Gasteiger charge is 2.26. The summed E-state index contributed by atoms with van der Waals surface area (Å²) in [5.41, 5.74) is 0.285. The first-order valence-electron chi connectivity index (χ1n) is 9.37. The SMILES string of the molecule is O=C(NCC#CCOc1ccc(F)cc1F)c1ccc(S(=O)(=O)N2CCOCC2)cc1. The van der Waals surface area contributed by atoms with Crippen molar-refractivity contribution >= 4 is 15.9 Å². The highest BCUT2D eigenvalue weighted by atomic mass is 32.2. The Hall–Kier alpha value is -3.00. The number of ether oxygens (including phenoxy) is 2. The van der Waals surface area contributed by atoms with Crippen molar-refractivity contribution in [2.24, 2.45) is 0 Å². The molecule has 10 heteroatoms. The zero-order chi connectivity index (χ0) is 22.3. The van der Waals surface area contributed by atoms with Crippen molar-refractivity contribution in [1.29, 1.82) is 0 Å². The van der Waals surface area contributed by atoms with E-state index in [1.54, 1.807) is 0 Å². The standard InChI is InChI=1S/C21H20F2N2O5S/c22-17-5-8-20(19(23)15-17)30-12-2-1-9-24-21(26)16-3-6-18(7-4-16)31(27,28)25-10-13-29-14-11-25/h3-8,15H,9-14H2,(H,24,26). The Morgan fingerprint density at radius 3 is 2.48 bits per heavy atom. The topological polar surface area (TPSA) is 84.9 Å². The van der Waals surface area contributed by atoms with Gasteiger partial charge in [0.25, 0.3) is 5.91 Å². The summed E-state index contributed by atoms with van der Waals surface area (Å²) in [5, 5.41) is 2.57. The third-order valence-electron chi connectivity index (χ3n) is 4.38. The van der Waals surface area contributed by atoms with Gasteiger partial charge in [-0.2, -0.15) is 4.31 Å². The van der Waals surface area contributed by atoms with Crippen molar-refractivity contribution in [2.75, 3.05) is 39.5 Å². The number of benzene rings is 2. The van der Waals surface area contributed by atoms with Crippen LogP contribution in [0.3, 0.4) is 0 Å². The van der Waals surface area contributed by atoms with Crippen LogP contribution in [0.5, 0.6) is 5.75 Å². The zero-order valence-electron chi connectivity index (χ0n) is 16.4. The van der Waals surface area contributed by atoms with Crippen LogP contribution >= 0.6 is 0 Å². The summed E-state index contributed by atoms with van der Waals surface area (Å²) in [5.74, 6) is 3.19. The monoisotopic (exact) mass is 450 g/mol. The van der Waals surface area contributed by atoms with E-state index in [9.17, 15) is 22.0 Å². The van der Waals surface area contributed by atoms with Crippen LogP contribution in [-0.2, 0) is 14.8 Å². The first-order valence-corrected chi connectivity index (χ1v) is 10.8. The number of nitrogens with zero attached hydrogens (tertiary/aromatic N) is 1. The maximum Gasteiger partial charge on any atom is 0.252 e. The molecule has 7 nitrogen and oxygen atoms in total. The number of halogens is 2. The van der Waals surface area contributed by atoms with Crippen LogP contribution in [0.1, 0.15) is 10.4 Å². The molecule has 0 aromatic heterocycles. The summed E-state index contributed by atoms with van der Waals surface area (Å²) in [4.78, 5) is 12.3. The highest BCUT2D eigenvalue weighted by molar-refractivity contribution is 7.89. The van der Waals surface area contributed by atoms with Crippen molar-refractivity contribution in [1.82, 2.24) is 9.62 Å². The second-order valence-electron chi connectivity index (χ2n) is 6.44. The van der Waals surface area contributed by atoms with Crippen LogP contribution < -0.4 is 10.1 Å². The van der Waals surface area contributed by atoms with Gasteiger partial charge in [-0.25, -0.2) is 17.2 Å². The molecule has 1 saturated heterocycles. The Morgan fingerprint density at radius 2 is 1.81 bits per heavy atom. The number of amides is 1. The van der Waals surface area contributed by atoms with Crippen molar-refractivity contribution in [3.8, 4) is 17.6 Å². The largest absolute Gasteiger partial charge is 0.478 e. The van der Waals surface area contributed by atoms with E-state index in [4.69, 9.17) is 9.47 Å². The first kappa shape index (κ1) is 22.7. The normalized spacial score (nSPS) is 14.4. The van der Waals surface area contributed by atoms with Crippen LogP contribution in [0.25, 0.3) is 0 Å². The maximum absolute atomic E-state index is 13.4. The van der Waals surface area contributed by atoms with Gasteiger partial charge in [0, 0.05) is 24.7 Å². The minimum Gasteiger partial charge on any atom is -0.478 e. The van der Waals surface area contributed by atoms with E-state index in [2.05, 4.69) is 17.2 Å². The molecule has 0 atom stereocenters. The lowest BCUT2D eigenvalue weighted by atomic mass is 10.2. The summed E-state index contributed by atoms with van der Waals surface area (Å²) in [7, 11) is -3.62. The Kier molecular flexibility index (Phi) is 7.57. The lowest BCUT2D eigenvalue weighted by Gasteiger charge is -2.26. The zero-order valence-corrected chi connectivity index (χ0v) is 17.3. The van der Waals surface area contributed by atoms with Gasteiger partial charge in [-0.1, -0.05) is 11.8 Å². The number of carbonyl (C=O) groups excluding carboxylic acids is 1. The van der Waals surface area contributed by atoms with Crippen LogP contribution in [0.4, 0.5) is 8.78 Å². The third-order valence-corrected chi connectivity index (χ3v) is 6.29. The first-order chi connectivity index (χ1) is 14.9. The van der Waals surface area contributed by atoms with E-state index < -0.39 is 27.6 Å². The predicted octanol–water partition coefficient (Wildman–Crippen LogP) is 1.80. The molecule has 1 aliphatic heterocycles. The quantitative estimate of drug-likeness (QED) is 0.679. The second-order valence-corrected chi connectivity index (χ2v) is 8.38. The van der Waals surface area contributed by atoms with E-state index in [-0.39, 0.29) is 29.4 Å². The minimum absolute atomic E-state index is 0.0158. The summed E-state index contributed by atoms with van der Waals surface area (Å²) in [6.07, 6.45) is 0.